The Morgan fingerprint density at radius 1 is 1.23 bits per heavy atom. The summed E-state index contributed by atoms with van der Waals surface area (Å²) in [6.45, 7) is 6.09. The van der Waals surface area contributed by atoms with E-state index in [9.17, 15) is 4.79 Å². The average Bonchev–Trinajstić information content (AvgIpc) is 2.72. The van der Waals surface area contributed by atoms with Gasteiger partial charge < -0.3 is 19.7 Å². The minimum Gasteiger partial charge on any atom is -0.383 e. The van der Waals surface area contributed by atoms with Crippen molar-refractivity contribution in [3.8, 4) is 0 Å². The Kier molecular flexibility index (Phi) is 7.06. The van der Waals surface area contributed by atoms with Gasteiger partial charge in [-0.1, -0.05) is 30.3 Å². The van der Waals surface area contributed by atoms with E-state index in [1.165, 1.54) is 0 Å². The third kappa shape index (κ3) is 4.64. The Hall–Kier alpha value is -1.43. The minimum absolute atomic E-state index is 0.175. The fourth-order valence-electron chi connectivity index (χ4n) is 4.16. The van der Waals surface area contributed by atoms with E-state index in [2.05, 4.69) is 22.3 Å². The molecule has 5 nitrogen and oxygen atoms in total. The van der Waals surface area contributed by atoms with Gasteiger partial charge in [-0.05, 0) is 50.3 Å². The topological polar surface area (TPSA) is 50.8 Å². The summed E-state index contributed by atoms with van der Waals surface area (Å²) in [6.07, 6.45) is 3.81. The summed E-state index contributed by atoms with van der Waals surface area (Å²) in [5.74, 6) is 0.749. The lowest BCUT2D eigenvalue weighted by Crippen LogP contribution is -2.49. The summed E-state index contributed by atoms with van der Waals surface area (Å²) in [4.78, 5) is 15.6. The summed E-state index contributed by atoms with van der Waals surface area (Å²) in [6, 6.07) is 10.2. The van der Waals surface area contributed by atoms with E-state index in [0.29, 0.717) is 19.1 Å². The molecule has 1 N–H and O–H groups in total. The van der Waals surface area contributed by atoms with Crippen molar-refractivity contribution in [1.82, 2.24) is 10.2 Å². The van der Waals surface area contributed by atoms with Crippen LogP contribution in [0.1, 0.15) is 31.2 Å². The molecule has 0 aromatic heterocycles. The van der Waals surface area contributed by atoms with E-state index in [4.69, 9.17) is 9.47 Å². The first-order valence-electron chi connectivity index (χ1n) is 9.87. The number of likely N-dealkylation sites (tertiary alicyclic amines) is 1. The van der Waals surface area contributed by atoms with E-state index >= 15 is 0 Å². The molecule has 0 unspecified atom stereocenters. The number of ether oxygens (including phenoxy) is 2. The van der Waals surface area contributed by atoms with E-state index < -0.39 is 5.41 Å². The molecule has 1 amide bonds. The maximum Gasteiger partial charge on any atom is 0.230 e. The number of amides is 1. The van der Waals surface area contributed by atoms with Gasteiger partial charge in [0.15, 0.2) is 0 Å². The van der Waals surface area contributed by atoms with E-state index in [1.54, 1.807) is 7.11 Å². The Bertz CT molecular complexity index is 550. The highest BCUT2D eigenvalue weighted by Gasteiger charge is 2.41. The van der Waals surface area contributed by atoms with Gasteiger partial charge in [0.2, 0.25) is 5.91 Å². The predicted octanol–water partition coefficient (Wildman–Crippen LogP) is 2.21. The molecule has 144 valence electrons. The molecule has 2 fully saturated rings. The predicted molar refractivity (Wildman–Crippen MR) is 102 cm³/mol. The molecule has 5 heteroatoms. The number of nitrogens with zero attached hydrogens (tertiary/aromatic N) is 1. The number of hydrogen-bond donors (Lipinski definition) is 1. The van der Waals surface area contributed by atoms with Gasteiger partial charge in [-0.2, -0.15) is 0 Å². The van der Waals surface area contributed by atoms with Crippen LogP contribution in [0.4, 0.5) is 0 Å². The number of nitrogens with one attached hydrogen (secondary N) is 1. The van der Waals surface area contributed by atoms with Gasteiger partial charge in [0.05, 0.1) is 12.0 Å². The van der Waals surface area contributed by atoms with E-state index in [-0.39, 0.29) is 5.91 Å². The average molecular weight is 360 g/mol. The fourth-order valence-corrected chi connectivity index (χ4v) is 4.16. The van der Waals surface area contributed by atoms with Gasteiger partial charge in [-0.3, -0.25) is 4.79 Å². The Balaban J connectivity index is 1.54. The molecule has 1 aromatic carbocycles. The highest BCUT2D eigenvalue weighted by Crippen LogP contribution is 2.35. The van der Waals surface area contributed by atoms with Crippen LogP contribution >= 0.6 is 0 Å². The third-order valence-corrected chi connectivity index (χ3v) is 5.98. The zero-order valence-electron chi connectivity index (χ0n) is 15.9. The van der Waals surface area contributed by atoms with Crippen LogP contribution in [0.25, 0.3) is 0 Å². The van der Waals surface area contributed by atoms with Crippen molar-refractivity contribution in [3.05, 3.63) is 35.9 Å². The molecule has 2 aliphatic heterocycles. The zero-order chi connectivity index (χ0) is 18.2. The number of methoxy groups -OCH3 is 1. The van der Waals surface area contributed by atoms with Crippen LogP contribution < -0.4 is 5.32 Å². The molecule has 0 radical (unpaired) electrons. The second-order valence-electron chi connectivity index (χ2n) is 7.55. The summed E-state index contributed by atoms with van der Waals surface area (Å²) in [5.41, 5.74) is 0.689. The standard InChI is InChI=1S/C21H32N2O3/c1-25-16-13-23-11-7-18(8-12-23)17-22-20(24)21(9-14-26-15-10-21)19-5-3-2-4-6-19/h2-6,18H,7-17H2,1H3,(H,22,24). The fraction of sp³-hybridized carbons (Fsp3) is 0.667. The molecule has 3 rings (SSSR count). The highest BCUT2D eigenvalue weighted by molar-refractivity contribution is 5.88. The quantitative estimate of drug-likeness (QED) is 0.810. The molecule has 0 aliphatic carbocycles. The lowest BCUT2D eigenvalue weighted by Gasteiger charge is -2.37. The van der Waals surface area contributed by atoms with Crippen molar-refractivity contribution in [1.29, 1.82) is 0 Å². The van der Waals surface area contributed by atoms with Crippen molar-refractivity contribution in [2.24, 2.45) is 5.92 Å². The first kappa shape index (κ1) is 19.3. The van der Waals surface area contributed by atoms with Gasteiger partial charge in [-0.15, -0.1) is 0 Å². The highest BCUT2D eigenvalue weighted by atomic mass is 16.5. The second-order valence-corrected chi connectivity index (χ2v) is 7.55. The van der Waals surface area contributed by atoms with Crippen molar-refractivity contribution >= 4 is 5.91 Å². The smallest absolute Gasteiger partial charge is 0.230 e. The van der Waals surface area contributed by atoms with Crippen LogP contribution in [-0.4, -0.2) is 63.9 Å². The van der Waals surface area contributed by atoms with Crippen LogP contribution in [0.2, 0.25) is 0 Å². The van der Waals surface area contributed by atoms with Gasteiger partial charge in [0.25, 0.3) is 0 Å². The van der Waals surface area contributed by atoms with E-state index in [1.807, 2.05) is 18.2 Å². The third-order valence-electron chi connectivity index (χ3n) is 5.98. The van der Waals surface area contributed by atoms with Gasteiger partial charge >= 0.3 is 0 Å². The lowest BCUT2D eigenvalue weighted by molar-refractivity contribution is -0.130. The van der Waals surface area contributed by atoms with Gasteiger partial charge in [0, 0.05) is 33.4 Å². The summed E-state index contributed by atoms with van der Waals surface area (Å²) < 4.78 is 10.7. The monoisotopic (exact) mass is 360 g/mol. The van der Waals surface area contributed by atoms with Crippen LogP contribution in [0.3, 0.4) is 0 Å². The molecular weight excluding hydrogens is 328 g/mol. The Morgan fingerprint density at radius 2 is 1.92 bits per heavy atom. The molecule has 0 atom stereocenters. The maximum absolute atomic E-state index is 13.2. The molecule has 2 saturated heterocycles. The molecule has 0 spiro atoms. The molecular formula is C21H32N2O3. The van der Waals surface area contributed by atoms with E-state index in [0.717, 1.165) is 64.0 Å². The second kappa shape index (κ2) is 9.49. The SMILES string of the molecule is COCCN1CCC(CNC(=O)C2(c3ccccc3)CCOCC2)CC1. The number of carbonyl (C=O) groups excluding carboxylic acids is 1. The van der Waals surface area contributed by atoms with Gasteiger partial charge in [0.1, 0.15) is 0 Å². The van der Waals surface area contributed by atoms with Crippen LogP contribution in [-0.2, 0) is 19.7 Å². The largest absolute Gasteiger partial charge is 0.383 e. The zero-order valence-corrected chi connectivity index (χ0v) is 15.9. The van der Waals surface area contributed by atoms with Crippen molar-refractivity contribution in [2.45, 2.75) is 31.1 Å². The molecule has 1 aromatic rings. The first-order chi connectivity index (χ1) is 12.7. The summed E-state index contributed by atoms with van der Waals surface area (Å²) in [5, 5.41) is 3.28. The molecule has 26 heavy (non-hydrogen) atoms. The molecule has 2 aliphatic rings. The van der Waals surface area contributed by atoms with Crippen LogP contribution in [0.15, 0.2) is 30.3 Å². The van der Waals surface area contributed by atoms with Crippen LogP contribution in [0, 0.1) is 5.92 Å². The Labute approximate surface area is 157 Å². The molecule has 0 bridgehead atoms. The minimum atomic E-state index is -0.432. The number of benzene rings is 1. The molecule has 2 heterocycles. The summed E-state index contributed by atoms with van der Waals surface area (Å²) in [7, 11) is 1.75. The number of carbonyl (C=O) groups is 1. The van der Waals surface area contributed by atoms with Crippen molar-refractivity contribution < 1.29 is 14.3 Å². The maximum atomic E-state index is 13.2. The number of piperidine rings is 1. The number of rotatable bonds is 7. The summed E-state index contributed by atoms with van der Waals surface area (Å²) >= 11 is 0. The molecule has 0 saturated carbocycles. The van der Waals surface area contributed by atoms with Crippen molar-refractivity contribution in [3.63, 3.8) is 0 Å². The Morgan fingerprint density at radius 3 is 2.58 bits per heavy atom. The van der Waals surface area contributed by atoms with Crippen LogP contribution in [0.5, 0.6) is 0 Å². The lowest BCUT2D eigenvalue weighted by atomic mass is 9.73. The normalized spacial score (nSPS) is 21.4. The van der Waals surface area contributed by atoms with Gasteiger partial charge in [-0.25, -0.2) is 0 Å². The number of hydrogen-bond acceptors (Lipinski definition) is 4. The first-order valence-corrected chi connectivity index (χ1v) is 9.87. The van der Waals surface area contributed by atoms with Crippen molar-refractivity contribution in [2.75, 3.05) is 53.1 Å².